The van der Waals surface area contributed by atoms with Gasteiger partial charge in [0.1, 0.15) is 0 Å². The molecule has 2 saturated heterocycles. The fourth-order valence-corrected chi connectivity index (χ4v) is 4.28. The topological polar surface area (TPSA) is 78.7 Å². The smallest absolute Gasteiger partial charge is 0.236 e. The highest BCUT2D eigenvalue weighted by atomic mass is 16.2. The van der Waals surface area contributed by atoms with Crippen LogP contribution >= 0.6 is 0 Å². The Morgan fingerprint density at radius 3 is 2.52 bits per heavy atom. The second kappa shape index (κ2) is 9.85. The fraction of sp³-hybridized carbons (Fsp3) is 0.619. The summed E-state index contributed by atoms with van der Waals surface area (Å²) in [5, 5.41) is 3.12. The van der Waals surface area contributed by atoms with Crippen LogP contribution in [0.3, 0.4) is 0 Å². The number of nitrogens with zero attached hydrogens (tertiary/aromatic N) is 2. The highest BCUT2D eigenvalue weighted by Crippen LogP contribution is 2.24. The van der Waals surface area contributed by atoms with Gasteiger partial charge in [0.25, 0.3) is 0 Å². The predicted octanol–water partition coefficient (Wildman–Crippen LogP) is 1.01. The van der Waals surface area contributed by atoms with Crippen LogP contribution in [0.5, 0.6) is 0 Å². The molecule has 1 atom stereocenters. The fourth-order valence-electron chi connectivity index (χ4n) is 4.28. The third-order valence-corrected chi connectivity index (χ3v) is 5.89. The van der Waals surface area contributed by atoms with E-state index >= 15 is 0 Å². The molecule has 1 aromatic carbocycles. The summed E-state index contributed by atoms with van der Waals surface area (Å²) in [6, 6.07) is 10.7. The van der Waals surface area contributed by atoms with Gasteiger partial charge >= 0.3 is 0 Å². The molecule has 0 radical (unpaired) electrons. The van der Waals surface area contributed by atoms with E-state index in [0.717, 1.165) is 58.3 Å². The van der Waals surface area contributed by atoms with Crippen molar-refractivity contribution in [3.63, 3.8) is 0 Å². The summed E-state index contributed by atoms with van der Waals surface area (Å²) in [4.78, 5) is 28.7. The number of nitrogens with one attached hydrogen (secondary N) is 1. The van der Waals surface area contributed by atoms with E-state index in [9.17, 15) is 9.59 Å². The molecule has 6 nitrogen and oxygen atoms in total. The lowest BCUT2D eigenvalue weighted by atomic mass is 9.93. The van der Waals surface area contributed by atoms with Gasteiger partial charge in [-0.05, 0) is 44.2 Å². The molecule has 1 aromatic rings. The van der Waals surface area contributed by atoms with Gasteiger partial charge < -0.3 is 16.0 Å². The first kappa shape index (κ1) is 19.8. The number of piperidine rings is 2. The number of hydrogen-bond donors (Lipinski definition) is 2. The summed E-state index contributed by atoms with van der Waals surface area (Å²) in [5.41, 5.74) is 6.71. The molecule has 2 heterocycles. The summed E-state index contributed by atoms with van der Waals surface area (Å²) < 4.78 is 0. The minimum absolute atomic E-state index is 0.0442. The summed E-state index contributed by atoms with van der Waals surface area (Å²) >= 11 is 0. The SMILES string of the molecule is NCC(=O)N1CCC(N2CCC[C@H](C(=O)NCCc3ccccc3)C2)CC1. The zero-order valence-corrected chi connectivity index (χ0v) is 16.1. The molecule has 6 heteroatoms. The van der Waals surface area contributed by atoms with Gasteiger partial charge in [-0.2, -0.15) is 0 Å². The Kier molecular flexibility index (Phi) is 7.24. The van der Waals surface area contributed by atoms with E-state index in [1.54, 1.807) is 0 Å². The molecule has 3 N–H and O–H groups in total. The van der Waals surface area contributed by atoms with Gasteiger partial charge in [0.15, 0.2) is 0 Å². The lowest BCUT2D eigenvalue weighted by Gasteiger charge is -2.42. The van der Waals surface area contributed by atoms with Crippen molar-refractivity contribution >= 4 is 11.8 Å². The van der Waals surface area contributed by atoms with Crippen molar-refractivity contribution in [2.45, 2.75) is 38.1 Å². The summed E-state index contributed by atoms with van der Waals surface area (Å²) in [6.07, 6.45) is 4.87. The van der Waals surface area contributed by atoms with Gasteiger partial charge in [0.2, 0.25) is 11.8 Å². The average molecular weight is 373 g/mol. The first-order valence-electron chi connectivity index (χ1n) is 10.2. The largest absolute Gasteiger partial charge is 0.355 e. The quantitative estimate of drug-likeness (QED) is 0.781. The van der Waals surface area contributed by atoms with Crippen LogP contribution in [-0.4, -0.2) is 66.9 Å². The molecule has 0 aliphatic carbocycles. The Morgan fingerprint density at radius 1 is 1.07 bits per heavy atom. The maximum absolute atomic E-state index is 12.6. The summed E-state index contributed by atoms with van der Waals surface area (Å²) in [6.45, 7) is 4.25. The van der Waals surface area contributed by atoms with Crippen molar-refractivity contribution in [1.82, 2.24) is 15.1 Å². The molecule has 2 amide bonds. The van der Waals surface area contributed by atoms with Gasteiger partial charge in [0.05, 0.1) is 12.5 Å². The first-order valence-corrected chi connectivity index (χ1v) is 10.2. The Bertz CT molecular complexity index is 614. The Balaban J connectivity index is 1.42. The van der Waals surface area contributed by atoms with Crippen LogP contribution in [0.4, 0.5) is 0 Å². The van der Waals surface area contributed by atoms with Crippen molar-refractivity contribution in [1.29, 1.82) is 0 Å². The second-order valence-electron chi connectivity index (χ2n) is 7.68. The molecule has 0 saturated carbocycles. The van der Waals surface area contributed by atoms with Crippen molar-refractivity contribution in [2.75, 3.05) is 39.3 Å². The first-order chi connectivity index (χ1) is 13.2. The molecule has 148 valence electrons. The van der Waals surface area contributed by atoms with Crippen molar-refractivity contribution < 1.29 is 9.59 Å². The van der Waals surface area contributed by atoms with E-state index in [0.29, 0.717) is 12.6 Å². The van der Waals surface area contributed by atoms with Crippen LogP contribution in [0.2, 0.25) is 0 Å². The normalized spacial score (nSPS) is 21.8. The number of nitrogens with two attached hydrogens (primary N) is 1. The van der Waals surface area contributed by atoms with E-state index in [1.807, 2.05) is 23.1 Å². The monoisotopic (exact) mass is 372 g/mol. The minimum Gasteiger partial charge on any atom is -0.355 e. The summed E-state index contributed by atoms with van der Waals surface area (Å²) in [7, 11) is 0. The number of rotatable bonds is 6. The van der Waals surface area contributed by atoms with Gasteiger partial charge in [-0.3, -0.25) is 14.5 Å². The highest BCUT2D eigenvalue weighted by Gasteiger charge is 2.32. The number of hydrogen-bond acceptors (Lipinski definition) is 4. The Labute approximate surface area is 162 Å². The number of likely N-dealkylation sites (tertiary alicyclic amines) is 2. The minimum atomic E-state index is 0.0442. The Hall–Kier alpha value is -1.92. The Morgan fingerprint density at radius 2 is 1.81 bits per heavy atom. The van der Waals surface area contributed by atoms with Crippen LogP contribution in [0.25, 0.3) is 0 Å². The molecular weight excluding hydrogens is 340 g/mol. The zero-order valence-electron chi connectivity index (χ0n) is 16.1. The van der Waals surface area contributed by atoms with Crippen LogP contribution in [0.1, 0.15) is 31.2 Å². The van der Waals surface area contributed by atoms with Gasteiger partial charge in [-0.15, -0.1) is 0 Å². The second-order valence-corrected chi connectivity index (χ2v) is 7.68. The zero-order chi connectivity index (χ0) is 19.1. The molecule has 0 unspecified atom stereocenters. The van der Waals surface area contributed by atoms with E-state index in [2.05, 4.69) is 22.3 Å². The molecule has 3 rings (SSSR count). The maximum atomic E-state index is 12.6. The average Bonchev–Trinajstić information content (AvgIpc) is 2.74. The molecule has 2 aliphatic heterocycles. The van der Waals surface area contributed by atoms with E-state index in [1.165, 1.54) is 5.56 Å². The molecular formula is C21H32N4O2. The van der Waals surface area contributed by atoms with E-state index in [4.69, 9.17) is 5.73 Å². The van der Waals surface area contributed by atoms with Crippen LogP contribution < -0.4 is 11.1 Å². The highest BCUT2D eigenvalue weighted by molar-refractivity contribution is 5.79. The molecule has 27 heavy (non-hydrogen) atoms. The lowest BCUT2D eigenvalue weighted by molar-refractivity contribution is -0.131. The molecule has 2 aliphatic rings. The number of amides is 2. The summed E-state index contributed by atoms with van der Waals surface area (Å²) in [5.74, 6) is 0.312. The van der Waals surface area contributed by atoms with E-state index < -0.39 is 0 Å². The predicted molar refractivity (Wildman–Crippen MR) is 106 cm³/mol. The number of benzene rings is 1. The number of carbonyl (C=O) groups excluding carboxylic acids is 2. The van der Waals surface area contributed by atoms with Crippen LogP contribution in [0.15, 0.2) is 30.3 Å². The molecule has 0 spiro atoms. The molecule has 0 aromatic heterocycles. The lowest BCUT2D eigenvalue weighted by Crippen LogP contribution is -2.52. The third kappa shape index (κ3) is 5.53. The van der Waals surface area contributed by atoms with Crippen molar-refractivity contribution in [3.8, 4) is 0 Å². The standard InChI is InChI=1S/C21H32N4O2/c22-15-20(26)24-13-9-19(10-14-24)25-12-4-7-18(16-25)21(27)23-11-8-17-5-2-1-3-6-17/h1-3,5-6,18-19H,4,7-16,22H2,(H,23,27)/t18-/m0/s1. The van der Waals surface area contributed by atoms with Crippen molar-refractivity contribution in [2.24, 2.45) is 11.7 Å². The van der Waals surface area contributed by atoms with Crippen LogP contribution in [0, 0.1) is 5.92 Å². The third-order valence-electron chi connectivity index (χ3n) is 5.89. The number of carbonyl (C=O) groups is 2. The van der Waals surface area contributed by atoms with Gasteiger partial charge in [0, 0.05) is 32.2 Å². The maximum Gasteiger partial charge on any atom is 0.236 e. The van der Waals surface area contributed by atoms with Crippen molar-refractivity contribution in [3.05, 3.63) is 35.9 Å². The van der Waals surface area contributed by atoms with Gasteiger partial charge in [-0.25, -0.2) is 0 Å². The van der Waals surface area contributed by atoms with Crippen LogP contribution in [-0.2, 0) is 16.0 Å². The van der Waals surface area contributed by atoms with E-state index in [-0.39, 0.29) is 24.3 Å². The molecule has 2 fully saturated rings. The van der Waals surface area contributed by atoms with Gasteiger partial charge in [-0.1, -0.05) is 30.3 Å². The molecule has 0 bridgehead atoms.